The molecule has 1 aliphatic heterocycles. The van der Waals surface area contributed by atoms with Gasteiger partial charge in [0.15, 0.2) is 0 Å². The van der Waals surface area contributed by atoms with Gasteiger partial charge in [-0.1, -0.05) is 53.6 Å². The number of benzene rings is 3. The number of carbonyl (C=O) groups is 2. The number of hydrogen-bond donors (Lipinski definition) is 1. The van der Waals surface area contributed by atoms with Gasteiger partial charge in [-0.25, -0.2) is 0 Å². The summed E-state index contributed by atoms with van der Waals surface area (Å²) in [6.07, 6.45) is 0. The minimum atomic E-state index is -0.350. The van der Waals surface area contributed by atoms with Crippen molar-refractivity contribution in [1.29, 1.82) is 0 Å². The van der Waals surface area contributed by atoms with E-state index in [1.54, 1.807) is 12.1 Å². The fourth-order valence-electron chi connectivity index (χ4n) is 3.58. The number of aryl methyl sites for hydroxylation is 1. The molecule has 32 heavy (non-hydrogen) atoms. The van der Waals surface area contributed by atoms with E-state index in [1.807, 2.05) is 86.6 Å². The normalized spacial score (nSPS) is 13.7. The molecule has 1 aliphatic rings. The van der Waals surface area contributed by atoms with Crippen molar-refractivity contribution in [2.24, 2.45) is 0 Å². The summed E-state index contributed by atoms with van der Waals surface area (Å²) in [5.74, 6) is -0.668. The highest BCUT2D eigenvalue weighted by molar-refractivity contribution is 6.36. The summed E-state index contributed by atoms with van der Waals surface area (Å²) in [5.41, 5.74) is 5.06. The third-order valence-corrected chi connectivity index (χ3v) is 5.67. The number of nitrogens with one attached hydrogen (secondary N) is 1. The zero-order valence-corrected chi connectivity index (χ0v) is 19.0. The van der Waals surface area contributed by atoms with E-state index in [0.717, 1.165) is 22.5 Å². The maximum absolute atomic E-state index is 13.4. The lowest BCUT2D eigenvalue weighted by Gasteiger charge is -2.16. The topological polar surface area (TPSA) is 52.7 Å². The smallest absolute Gasteiger partial charge is 0.278 e. The Kier molecular flexibility index (Phi) is 6.01. The second kappa shape index (κ2) is 8.89. The fourth-order valence-corrected chi connectivity index (χ4v) is 3.71. The van der Waals surface area contributed by atoms with Gasteiger partial charge in [-0.05, 0) is 54.4 Å². The van der Waals surface area contributed by atoms with Crippen LogP contribution < -0.4 is 10.2 Å². The van der Waals surface area contributed by atoms with Gasteiger partial charge in [0.1, 0.15) is 5.70 Å². The van der Waals surface area contributed by atoms with Crippen molar-refractivity contribution < 1.29 is 9.59 Å². The number of carbonyl (C=O) groups excluding carboxylic acids is 2. The molecule has 0 spiro atoms. The molecule has 0 aromatic heterocycles. The Balaban J connectivity index is 1.70. The molecular formula is C26H24ClN3O2. The molecular weight excluding hydrogens is 422 g/mol. The molecule has 3 aromatic carbocycles. The quantitative estimate of drug-likeness (QED) is 0.536. The second-order valence-electron chi connectivity index (χ2n) is 8.01. The van der Waals surface area contributed by atoms with Crippen molar-refractivity contribution in [1.82, 2.24) is 4.90 Å². The van der Waals surface area contributed by atoms with Gasteiger partial charge in [-0.2, -0.15) is 0 Å². The van der Waals surface area contributed by atoms with Gasteiger partial charge in [0.25, 0.3) is 11.8 Å². The zero-order chi connectivity index (χ0) is 22.8. The first-order valence-electron chi connectivity index (χ1n) is 10.3. The molecule has 2 amide bonds. The predicted molar refractivity (Wildman–Crippen MR) is 129 cm³/mol. The van der Waals surface area contributed by atoms with Gasteiger partial charge in [-0.15, -0.1) is 0 Å². The molecule has 0 unspecified atom stereocenters. The van der Waals surface area contributed by atoms with E-state index >= 15 is 0 Å². The number of nitrogens with zero attached hydrogens (tertiary/aromatic N) is 2. The van der Waals surface area contributed by atoms with Crippen LogP contribution in [0, 0.1) is 6.92 Å². The molecule has 5 nitrogen and oxygen atoms in total. The van der Waals surface area contributed by atoms with E-state index in [0.29, 0.717) is 16.2 Å². The Hall–Kier alpha value is -3.57. The SMILES string of the molecule is Cc1ccc(C2=C(Nc3ccc(N(C)C)cc3)C(=O)N(Cc3ccc(Cl)cc3)C2=O)cc1. The summed E-state index contributed by atoms with van der Waals surface area (Å²) in [6.45, 7) is 2.16. The molecule has 0 saturated heterocycles. The molecule has 0 radical (unpaired) electrons. The summed E-state index contributed by atoms with van der Waals surface area (Å²) in [6, 6.07) is 22.5. The summed E-state index contributed by atoms with van der Waals surface area (Å²) < 4.78 is 0. The summed E-state index contributed by atoms with van der Waals surface area (Å²) in [7, 11) is 3.93. The Morgan fingerprint density at radius 1 is 0.844 bits per heavy atom. The lowest BCUT2D eigenvalue weighted by molar-refractivity contribution is -0.137. The van der Waals surface area contributed by atoms with E-state index in [-0.39, 0.29) is 24.1 Å². The van der Waals surface area contributed by atoms with Crippen LogP contribution in [0.5, 0.6) is 0 Å². The number of amides is 2. The number of imide groups is 1. The van der Waals surface area contributed by atoms with Crippen LogP contribution in [-0.2, 0) is 16.1 Å². The van der Waals surface area contributed by atoms with Gasteiger partial charge < -0.3 is 10.2 Å². The Bertz CT molecular complexity index is 1180. The molecule has 0 atom stereocenters. The van der Waals surface area contributed by atoms with Gasteiger partial charge >= 0.3 is 0 Å². The van der Waals surface area contributed by atoms with Crippen LogP contribution in [-0.4, -0.2) is 30.8 Å². The van der Waals surface area contributed by atoms with E-state index in [2.05, 4.69) is 5.32 Å². The van der Waals surface area contributed by atoms with Crippen LogP contribution >= 0.6 is 11.6 Å². The van der Waals surface area contributed by atoms with Crippen LogP contribution in [0.15, 0.2) is 78.5 Å². The molecule has 0 saturated carbocycles. The largest absolute Gasteiger partial charge is 0.378 e. The van der Waals surface area contributed by atoms with Crippen molar-refractivity contribution >= 4 is 40.4 Å². The Labute approximate surface area is 192 Å². The average molecular weight is 446 g/mol. The molecule has 0 aliphatic carbocycles. The standard InChI is InChI=1S/C26H24ClN3O2/c1-17-4-8-19(9-5-17)23-24(28-21-12-14-22(15-13-21)29(2)3)26(32)30(25(23)31)16-18-6-10-20(27)11-7-18/h4-15,28H,16H2,1-3H3. The van der Waals surface area contributed by atoms with Gasteiger partial charge in [0.05, 0.1) is 12.1 Å². The summed E-state index contributed by atoms with van der Waals surface area (Å²) in [4.78, 5) is 30.0. The number of rotatable bonds is 6. The highest BCUT2D eigenvalue weighted by atomic mass is 35.5. The average Bonchev–Trinajstić information content (AvgIpc) is 3.00. The van der Waals surface area contributed by atoms with E-state index in [1.165, 1.54) is 4.90 Å². The van der Waals surface area contributed by atoms with Crippen molar-refractivity contribution in [3.63, 3.8) is 0 Å². The Morgan fingerprint density at radius 3 is 2.06 bits per heavy atom. The summed E-state index contributed by atoms with van der Waals surface area (Å²) in [5, 5.41) is 3.81. The minimum absolute atomic E-state index is 0.176. The van der Waals surface area contributed by atoms with Crippen molar-refractivity contribution in [2.45, 2.75) is 13.5 Å². The van der Waals surface area contributed by atoms with Crippen LogP contribution in [0.25, 0.3) is 5.57 Å². The highest BCUT2D eigenvalue weighted by Gasteiger charge is 2.39. The molecule has 0 bridgehead atoms. The van der Waals surface area contributed by atoms with Crippen molar-refractivity contribution in [3.05, 3.63) is 100 Å². The molecule has 0 fully saturated rings. The number of anilines is 2. The van der Waals surface area contributed by atoms with Gasteiger partial charge in [-0.3, -0.25) is 14.5 Å². The maximum atomic E-state index is 13.4. The lowest BCUT2D eigenvalue weighted by Crippen LogP contribution is -2.32. The van der Waals surface area contributed by atoms with Crippen LogP contribution in [0.2, 0.25) is 5.02 Å². The summed E-state index contributed by atoms with van der Waals surface area (Å²) >= 11 is 5.98. The zero-order valence-electron chi connectivity index (χ0n) is 18.2. The third-order valence-electron chi connectivity index (χ3n) is 5.42. The number of hydrogen-bond acceptors (Lipinski definition) is 4. The van der Waals surface area contributed by atoms with Crippen LogP contribution in [0.1, 0.15) is 16.7 Å². The first-order chi connectivity index (χ1) is 15.3. The van der Waals surface area contributed by atoms with Gasteiger partial charge in [0.2, 0.25) is 0 Å². The van der Waals surface area contributed by atoms with Crippen molar-refractivity contribution in [3.8, 4) is 0 Å². The van der Waals surface area contributed by atoms with Gasteiger partial charge in [0, 0.05) is 30.5 Å². The fraction of sp³-hybridized carbons (Fsp3) is 0.154. The molecule has 4 rings (SSSR count). The second-order valence-corrected chi connectivity index (χ2v) is 8.44. The van der Waals surface area contributed by atoms with E-state index in [4.69, 9.17) is 11.6 Å². The maximum Gasteiger partial charge on any atom is 0.278 e. The highest BCUT2D eigenvalue weighted by Crippen LogP contribution is 2.32. The monoisotopic (exact) mass is 445 g/mol. The van der Waals surface area contributed by atoms with E-state index in [9.17, 15) is 9.59 Å². The molecule has 1 heterocycles. The first kappa shape index (κ1) is 21.7. The number of halogens is 1. The lowest BCUT2D eigenvalue weighted by atomic mass is 10.0. The Morgan fingerprint density at radius 2 is 1.47 bits per heavy atom. The molecule has 3 aromatic rings. The van der Waals surface area contributed by atoms with Crippen LogP contribution in [0.4, 0.5) is 11.4 Å². The molecule has 1 N–H and O–H groups in total. The molecule has 6 heteroatoms. The van der Waals surface area contributed by atoms with Crippen LogP contribution in [0.3, 0.4) is 0 Å². The molecule has 162 valence electrons. The third kappa shape index (κ3) is 4.39. The predicted octanol–water partition coefficient (Wildman–Crippen LogP) is 5.11. The van der Waals surface area contributed by atoms with E-state index < -0.39 is 0 Å². The minimum Gasteiger partial charge on any atom is -0.378 e. The first-order valence-corrected chi connectivity index (χ1v) is 10.7. The van der Waals surface area contributed by atoms with Crippen molar-refractivity contribution in [2.75, 3.05) is 24.3 Å².